The molecular formula is C17H24N4O4. The first-order valence-corrected chi connectivity index (χ1v) is 8.21. The van der Waals surface area contributed by atoms with Gasteiger partial charge >= 0.3 is 6.03 Å². The molecule has 1 heterocycles. The molecule has 0 atom stereocenters. The monoisotopic (exact) mass is 348 g/mol. The van der Waals surface area contributed by atoms with Gasteiger partial charge in [0.1, 0.15) is 5.75 Å². The van der Waals surface area contributed by atoms with Crippen LogP contribution in [0, 0.1) is 0 Å². The van der Waals surface area contributed by atoms with Gasteiger partial charge in [-0.3, -0.25) is 9.59 Å². The zero-order chi connectivity index (χ0) is 18.2. The van der Waals surface area contributed by atoms with Gasteiger partial charge in [0.25, 0.3) is 0 Å². The van der Waals surface area contributed by atoms with Gasteiger partial charge in [-0.15, -0.1) is 0 Å². The predicted molar refractivity (Wildman–Crippen MR) is 92.1 cm³/mol. The molecule has 1 fully saturated rings. The minimum Gasteiger partial charge on any atom is -0.497 e. The number of urea groups is 1. The highest BCUT2D eigenvalue weighted by molar-refractivity contribution is 5.83. The van der Waals surface area contributed by atoms with E-state index in [1.54, 1.807) is 16.9 Å². The van der Waals surface area contributed by atoms with Crippen molar-refractivity contribution in [2.24, 2.45) is 5.73 Å². The molecular weight excluding hydrogens is 324 g/mol. The Hall–Kier alpha value is -2.77. The van der Waals surface area contributed by atoms with Crippen molar-refractivity contribution in [2.45, 2.75) is 12.8 Å². The van der Waals surface area contributed by atoms with Crippen LogP contribution in [0.2, 0.25) is 0 Å². The van der Waals surface area contributed by atoms with Crippen molar-refractivity contribution in [1.82, 2.24) is 15.1 Å². The molecule has 1 saturated heterocycles. The maximum Gasteiger partial charge on any atom is 0.312 e. The van der Waals surface area contributed by atoms with Crippen LogP contribution < -0.4 is 15.8 Å². The highest BCUT2D eigenvalue weighted by Crippen LogP contribution is 2.14. The SMILES string of the molecule is COc1cccc(CC(=O)N2CCCN(C(=O)CNC(N)=O)CC2)c1. The van der Waals surface area contributed by atoms with E-state index in [1.165, 1.54) is 0 Å². The Kier molecular flexibility index (Phi) is 6.62. The summed E-state index contributed by atoms with van der Waals surface area (Å²) in [6, 6.07) is 6.71. The van der Waals surface area contributed by atoms with E-state index in [4.69, 9.17) is 10.5 Å². The van der Waals surface area contributed by atoms with Crippen LogP contribution in [0.5, 0.6) is 5.75 Å². The molecule has 4 amide bonds. The van der Waals surface area contributed by atoms with Crippen LogP contribution in [0.15, 0.2) is 24.3 Å². The lowest BCUT2D eigenvalue weighted by Gasteiger charge is -2.22. The highest BCUT2D eigenvalue weighted by atomic mass is 16.5. The van der Waals surface area contributed by atoms with Crippen LogP contribution in [-0.4, -0.2) is 67.5 Å². The lowest BCUT2D eigenvalue weighted by Crippen LogP contribution is -2.43. The molecule has 0 aromatic heterocycles. The molecule has 8 heteroatoms. The molecule has 0 spiro atoms. The van der Waals surface area contributed by atoms with E-state index in [2.05, 4.69) is 5.32 Å². The second-order valence-electron chi connectivity index (χ2n) is 5.86. The number of primary amides is 1. The fraction of sp³-hybridized carbons (Fsp3) is 0.471. The van der Waals surface area contributed by atoms with Crippen molar-refractivity contribution in [2.75, 3.05) is 39.8 Å². The molecule has 1 aromatic rings. The Labute approximate surface area is 146 Å². The largest absolute Gasteiger partial charge is 0.497 e. The Balaban J connectivity index is 1.88. The zero-order valence-corrected chi connectivity index (χ0v) is 14.4. The van der Waals surface area contributed by atoms with E-state index in [9.17, 15) is 14.4 Å². The van der Waals surface area contributed by atoms with E-state index in [0.717, 1.165) is 11.3 Å². The maximum absolute atomic E-state index is 12.5. The van der Waals surface area contributed by atoms with Crippen molar-refractivity contribution in [3.8, 4) is 5.75 Å². The quantitative estimate of drug-likeness (QED) is 0.779. The molecule has 8 nitrogen and oxygen atoms in total. The molecule has 1 aliphatic rings. The third kappa shape index (κ3) is 5.66. The third-order valence-electron chi connectivity index (χ3n) is 4.10. The second-order valence-corrected chi connectivity index (χ2v) is 5.86. The van der Waals surface area contributed by atoms with Crippen LogP contribution >= 0.6 is 0 Å². The van der Waals surface area contributed by atoms with Gasteiger partial charge in [-0.25, -0.2) is 4.79 Å². The van der Waals surface area contributed by atoms with Crippen LogP contribution in [0.25, 0.3) is 0 Å². The van der Waals surface area contributed by atoms with Crippen LogP contribution in [0.1, 0.15) is 12.0 Å². The van der Waals surface area contributed by atoms with E-state index >= 15 is 0 Å². The standard InChI is InChI=1S/C17H24N4O4/c1-25-14-5-2-4-13(10-14)11-15(22)20-6-3-7-21(9-8-20)16(23)12-19-17(18)24/h2,4-5,10H,3,6-9,11-12H2,1H3,(H3,18,19,24). The number of carbonyl (C=O) groups excluding carboxylic acids is 3. The fourth-order valence-electron chi connectivity index (χ4n) is 2.76. The lowest BCUT2D eigenvalue weighted by molar-refractivity contribution is -0.132. The summed E-state index contributed by atoms with van der Waals surface area (Å²) in [6.07, 6.45) is 1.00. The Morgan fingerprint density at radius 3 is 2.44 bits per heavy atom. The first-order valence-electron chi connectivity index (χ1n) is 8.21. The van der Waals surface area contributed by atoms with Gasteiger partial charge in [0, 0.05) is 26.2 Å². The summed E-state index contributed by atoms with van der Waals surface area (Å²) in [7, 11) is 1.59. The zero-order valence-electron chi connectivity index (χ0n) is 14.4. The fourth-order valence-corrected chi connectivity index (χ4v) is 2.76. The van der Waals surface area contributed by atoms with Crippen molar-refractivity contribution in [1.29, 1.82) is 0 Å². The van der Waals surface area contributed by atoms with Crippen molar-refractivity contribution in [3.05, 3.63) is 29.8 Å². The first-order chi connectivity index (χ1) is 12.0. The Bertz CT molecular complexity index is 635. The molecule has 0 aliphatic carbocycles. The molecule has 0 unspecified atom stereocenters. The van der Waals surface area contributed by atoms with E-state index in [-0.39, 0.29) is 18.4 Å². The second kappa shape index (κ2) is 8.91. The number of nitrogens with two attached hydrogens (primary N) is 1. The summed E-state index contributed by atoms with van der Waals surface area (Å²) in [5, 5.41) is 2.30. The van der Waals surface area contributed by atoms with Gasteiger partial charge in [-0.05, 0) is 24.1 Å². The number of amides is 4. The highest BCUT2D eigenvalue weighted by Gasteiger charge is 2.22. The van der Waals surface area contributed by atoms with Crippen molar-refractivity contribution >= 4 is 17.8 Å². The number of hydrogen-bond donors (Lipinski definition) is 2. The van der Waals surface area contributed by atoms with E-state index in [1.807, 2.05) is 24.3 Å². The van der Waals surface area contributed by atoms with Gasteiger partial charge in [0.05, 0.1) is 20.1 Å². The number of carbonyl (C=O) groups is 3. The minimum atomic E-state index is -0.724. The van der Waals surface area contributed by atoms with Crippen molar-refractivity contribution in [3.63, 3.8) is 0 Å². The molecule has 1 aliphatic heterocycles. The number of methoxy groups -OCH3 is 1. The number of nitrogens with zero attached hydrogens (tertiary/aromatic N) is 2. The topological polar surface area (TPSA) is 105 Å². The summed E-state index contributed by atoms with van der Waals surface area (Å²) in [5.41, 5.74) is 5.87. The van der Waals surface area contributed by atoms with E-state index in [0.29, 0.717) is 39.0 Å². The summed E-state index contributed by atoms with van der Waals surface area (Å²) in [6.45, 7) is 1.97. The average Bonchev–Trinajstić information content (AvgIpc) is 2.86. The number of hydrogen-bond acceptors (Lipinski definition) is 4. The molecule has 0 bridgehead atoms. The molecule has 0 radical (unpaired) electrons. The molecule has 0 saturated carbocycles. The normalized spacial score (nSPS) is 14.6. The molecule has 3 N–H and O–H groups in total. The average molecular weight is 348 g/mol. The van der Waals surface area contributed by atoms with Crippen LogP contribution in [0.4, 0.5) is 4.79 Å². The number of benzene rings is 1. The Morgan fingerprint density at radius 1 is 1.12 bits per heavy atom. The van der Waals surface area contributed by atoms with Gasteiger partial charge < -0.3 is 25.6 Å². The lowest BCUT2D eigenvalue weighted by atomic mass is 10.1. The van der Waals surface area contributed by atoms with Gasteiger partial charge in [-0.2, -0.15) is 0 Å². The summed E-state index contributed by atoms with van der Waals surface area (Å²) in [5.74, 6) is 0.554. The van der Waals surface area contributed by atoms with Gasteiger partial charge in [0.15, 0.2) is 0 Å². The third-order valence-corrected chi connectivity index (χ3v) is 4.10. The van der Waals surface area contributed by atoms with Crippen LogP contribution in [0.3, 0.4) is 0 Å². The molecule has 2 rings (SSSR count). The van der Waals surface area contributed by atoms with Crippen molar-refractivity contribution < 1.29 is 19.1 Å². The van der Waals surface area contributed by atoms with Gasteiger partial charge in [-0.1, -0.05) is 12.1 Å². The smallest absolute Gasteiger partial charge is 0.312 e. The number of nitrogens with one attached hydrogen (secondary N) is 1. The minimum absolute atomic E-state index is 0.0258. The number of ether oxygens (including phenoxy) is 1. The van der Waals surface area contributed by atoms with E-state index < -0.39 is 6.03 Å². The Morgan fingerprint density at radius 2 is 1.80 bits per heavy atom. The molecule has 1 aromatic carbocycles. The summed E-state index contributed by atoms with van der Waals surface area (Å²) in [4.78, 5) is 38.7. The predicted octanol–water partition coefficient (Wildman–Crippen LogP) is -0.0331. The van der Waals surface area contributed by atoms with Crippen LogP contribution in [-0.2, 0) is 16.0 Å². The molecule has 25 heavy (non-hydrogen) atoms. The first kappa shape index (κ1) is 18.6. The molecule has 136 valence electrons. The summed E-state index contributed by atoms with van der Waals surface area (Å²) >= 11 is 0. The maximum atomic E-state index is 12.5. The number of rotatable bonds is 5. The van der Waals surface area contributed by atoms with Gasteiger partial charge in [0.2, 0.25) is 11.8 Å². The summed E-state index contributed by atoms with van der Waals surface area (Å²) < 4.78 is 5.17.